The second-order valence-corrected chi connectivity index (χ2v) is 7.33. The Morgan fingerprint density at radius 2 is 2.00 bits per heavy atom. The highest BCUT2D eigenvalue weighted by molar-refractivity contribution is 7.89. The van der Waals surface area contributed by atoms with E-state index in [0.29, 0.717) is 11.3 Å². The highest BCUT2D eigenvalue weighted by atomic mass is 35.5. The van der Waals surface area contributed by atoms with E-state index in [9.17, 15) is 8.42 Å². The summed E-state index contributed by atoms with van der Waals surface area (Å²) in [7, 11) is -3.53. The van der Waals surface area contributed by atoms with Crippen LogP contribution >= 0.6 is 11.6 Å². The summed E-state index contributed by atoms with van der Waals surface area (Å²) in [6.45, 7) is 5.85. The molecule has 3 nitrogen and oxygen atoms in total. The Balaban J connectivity index is 2.34. The van der Waals surface area contributed by atoms with Gasteiger partial charge in [-0.2, -0.15) is 4.31 Å². The maximum Gasteiger partial charge on any atom is 0.243 e. The van der Waals surface area contributed by atoms with Gasteiger partial charge >= 0.3 is 0 Å². The molecule has 0 saturated heterocycles. The summed E-state index contributed by atoms with van der Waals surface area (Å²) in [5.74, 6) is 0. The lowest BCUT2D eigenvalue weighted by atomic mass is 10.2. The number of halogens is 1. The van der Waals surface area contributed by atoms with Gasteiger partial charge in [-0.25, -0.2) is 8.42 Å². The molecule has 0 spiro atoms. The van der Waals surface area contributed by atoms with Gasteiger partial charge in [0.05, 0.1) is 10.3 Å². The third-order valence-electron chi connectivity index (χ3n) is 3.32. The number of sulfonamides is 1. The number of rotatable bonds is 5. The first kappa shape index (κ1) is 15.3. The van der Waals surface area contributed by atoms with Crippen molar-refractivity contribution >= 4 is 21.6 Å². The molecular formula is C15H18ClNO2S. The fourth-order valence-electron chi connectivity index (χ4n) is 2.23. The van der Waals surface area contributed by atoms with Crippen molar-refractivity contribution in [1.29, 1.82) is 0 Å². The standard InChI is InChI=1S/C15H18ClNO2S/c1-3-10-17(14-7-6-13(16)11-14)20(18,19)15-8-4-12(2)5-9-15/h3-9,13-14H,1,10-11H2,2H3/t13-,14-/m0/s1. The van der Waals surface area contributed by atoms with Crippen LogP contribution in [0, 0.1) is 6.92 Å². The Kier molecular flexibility index (Phi) is 4.68. The van der Waals surface area contributed by atoms with E-state index in [1.54, 1.807) is 30.3 Å². The first-order valence-electron chi connectivity index (χ1n) is 6.47. The van der Waals surface area contributed by atoms with E-state index in [-0.39, 0.29) is 18.0 Å². The lowest BCUT2D eigenvalue weighted by Crippen LogP contribution is -2.38. The fourth-order valence-corrected chi connectivity index (χ4v) is 4.07. The van der Waals surface area contributed by atoms with E-state index >= 15 is 0 Å². The van der Waals surface area contributed by atoms with Crippen molar-refractivity contribution < 1.29 is 8.42 Å². The number of alkyl halides is 1. The summed E-state index contributed by atoms with van der Waals surface area (Å²) >= 11 is 6.03. The smallest absolute Gasteiger partial charge is 0.207 e. The van der Waals surface area contributed by atoms with Crippen LogP contribution in [0.4, 0.5) is 0 Å². The van der Waals surface area contributed by atoms with Gasteiger partial charge in [0.15, 0.2) is 0 Å². The normalized spacial score (nSPS) is 22.4. The number of hydrogen-bond acceptors (Lipinski definition) is 2. The van der Waals surface area contributed by atoms with E-state index in [2.05, 4.69) is 6.58 Å². The molecule has 0 unspecified atom stereocenters. The van der Waals surface area contributed by atoms with Gasteiger partial charge in [-0.1, -0.05) is 35.9 Å². The van der Waals surface area contributed by atoms with E-state index in [1.165, 1.54) is 4.31 Å². The maximum atomic E-state index is 12.7. The lowest BCUT2D eigenvalue weighted by Gasteiger charge is -2.26. The molecule has 5 heteroatoms. The molecule has 0 bridgehead atoms. The molecular weight excluding hydrogens is 294 g/mol. The average Bonchev–Trinajstić information content (AvgIpc) is 2.82. The van der Waals surface area contributed by atoms with Crippen molar-refractivity contribution in [3.05, 3.63) is 54.6 Å². The van der Waals surface area contributed by atoms with Crippen LogP contribution in [0.3, 0.4) is 0 Å². The van der Waals surface area contributed by atoms with Crippen molar-refractivity contribution in [3.63, 3.8) is 0 Å². The molecule has 0 amide bonds. The van der Waals surface area contributed by atoms with Gasteiger partial charge in [0, 0.05) is 12.6 Å². The predicted molar refractivity (Wildman–Crippen MR) is 82.5 cm³/mol. The van der Waals surface area contributed by atoms with Crippen LogP contribution in [0.1, 0.15) is 12.0 Å². The van der Waals surface area contributed by atoms with Gasteiger partial charge in [0.25, 0.3) is 0 Å². The summed E-state index contributed by atoms with van der Waals surface area (Å²) in [6, 6.07) is 6.67. The molecule has 0 heterocycles. The van der Waals surface area contributed by atoms with Crippen molar-refractivity contribution in [1.82, 2.24) is 4.31 Å². The predicted octanol–water partition coefficient (Wildman–Crippen LogP) is 3.11. The quantitative estimate of drug-likeness (QED) is 0.619. The number of nitrogens with zero attached hydrogens (tertiary/aromatic N) is 1. The van der Waals surface area contributed by atoms with Crippen molar-refractivity contribution in [2.45, 2.75) is 29.7 Å². The fraction of sp³-hybridized carbons (Fsp3) is 0.333. The second-order valence-electron chi connectivity index (χ2n) is 4.88. The lowest BCUT2D eigenvalue weighted by molar-refractivity contribution is 0.386. The van der Waals surface area contributed by atoms with Gasteiger partial charge in [0.1, 0.15) is 0 Å². The summed E-state index contributed by atoms with van der Waals surface area (Å²) in [6.07, 6.45) is 5.89. The van der Waals surface area contributed by atoms with Gasteiger partial charge in [0.2, 0.25) is 10.0 Å². The minimum absolute atomic E-state index is 0.111. The molecule has 1 aliphatic rings. The summed E-state index contributed by atoms with van der Waals surface area (Å²) in [5, 5.41) is -0.111. The topological polar surface area (TPSA) is 37.4 Å². The Hall–Kier alpha value is -1.10. The highest BCUT2D eigenvalue weighted by Crippen LogP contribution is 2.26. The number of hydrogen-bond donors (Lipinski definition) is 0. The van der Waals surface area contributed by atoms with Crippen LogP contribution in [-0.4, -0.2) is 30.7 Å². The van der Waals surface area contributed by atoms with E-state index in [0.717, 1.165) is 5.56 Å². The average molecular weight is 312 g/mol. The molecule has 2 rings (SSSR count). The highest BCUT2D eigenvalue weighted by Gasteiger charge is 2.32. The van der Waals surface area contributed by atoms with Crippen molar-refractivity contribution in [2.75, 3.05) is 6.54 Å². The van der Waals surface area contributed by atoms with Crippen molar-refractivity contribution in [2.24, 2.45) is 0 Å². The van der Waals surface area contributed by atoms with Crippen molar-refractivity contribution in [3.8, 4) is 0 Å². The van der Waals surface area contributed by atoms with E-state index < -0.39 is 10.0 Å². The summed E-state index contributed by atoms with van der Waals surface area (Å²) in [4.78, 5) is 0.302. The molecule has 0 saturated carbocycles. The second kappa shape index (κ2) is 6.12. The van der Waals surface area contributed by atoms with Gasteiger partial charge in [-0.3, -0.25) is 0 Å². The summed E-state index contributed by atoms with van der Waals surface area (Å²) < 4.78 is 26.9. The molecule has 1 aromatic carbocycles. The third kappa shape index (κ3) is 3.14. The van der Waals surface area contributed by atoms with Crippen LogP contribution in [-0.2, 0) is 10.0 Å². The molecule has 1 aliphatic carbocycles. The number of aryl methyl sites for hydroxylation is 1. The molecule has 0 radical (unpaired) electrons. The Morgan fingerprint density at radius 3 is 2.50 bits per heavy atom. The van der Waals surface area contributed by atoms with E-state index in [1.807, 2.05) is 19.1 Å². The molecule has 0 N–H and O–H groups in total. The minimum Gasteiger partial charge on any atom is -0.207 e. The molecule has 2 atom stereocenters. The molecule has 20 heavy (non-hydrogen) atoms. The SMILES string of the molecule is C=CCN([C@H]1C=C[C@H](Cl)C1)S(=O)(=O)c1ccc(C)cc1. The van der Waals surface area contributed by atoms with Crippen LogP contribution in [0.15, 0.2) is 54.0 Å². The van der Waals surface area contributed by atoms with Crippen LogP contribution in [0.2, 0.25) is 0 Å². The minimum atomic E-state index is -3.53. The summed E-state index contributed by atoms with van der Waals surface area (Å²) in [5.41, 5.74) is 1.03. The zero-order valence-electron chi connectivity index (χ0n) is 11.4. The molecule has 0 aromatic heterocycles. The molecule has 108 valence electrons. The van der Waals surface area contributed by atoms with E-state index in [4.69, 9.17) is 11.6 Å². The number of benzene rings is 1. The first-order chi connectivity index (χ1) is 9.45. The molecule has 0 fully saturated rings. The van der Waals surface area contributed by atoms with Gasteiger partial charge < -0.3 is 0 Å². The largest absolute Gasteiger partial charge is 0.243 e. The van der Waals surface area contributed by atoms with Crippen LogP contribution in [0.25, 0.3) is 0 Å². The zero-order valence-corrected chi connectivity index (χ0v) is 12.9. The Bertz CT molecular complexity index is 607. The maximum absolute atomic E-state index is 12.7. The van der Waals surface area contributed by atoms with Crippen LogP contribution in [0.5, 0.6) is 0 Å². The zero-order chi connectivity index (χ0) is 14.8. The molecule has 0 aliphatic heterocycles. The Morgan fingerprint density at radius 1 is 1.35 bits per heavy atom. The first-order valence-corrected chi connectivity index (χ1v) is 8.34. The molecule has 1 aromatic rings. The Labute approximate surface area is 125 Å². The third-order valence-corrected chi connectivity index (χ3v) is 5.54. The van der Waals surface area contributed by atoms with Gasteiger partial charge in [-0.05, 0) is 25.5 Å². The van der Waals surface area contributed by atoms with Crippen LogP contribution < -0.4 is 0 Å². The van der Waals surface area contributed by atoms with Gasteiger partial charge in [-0.15, -0.1) is 18.2 Å². The number of allylic oxidation sites excluding steroid dienone is 1. The monoisotopic (exact) mass is 311 g/mol.